The Labute approximate surface area is 124 Å². The maximum atomic E-state index is 12.3. The predicted molar refractivity (Wildman–Crippen MR) is 76.7 cm³/mol. The highest BCUT2D eigenvalue weighted by Gasteiger charge is 2.36. The average molecular weight is 318 g/mol. The standard InChI is InChI=1S/C13H22N2O5S/c1-2-15(10-3-4-10)12(16)8-14-5-6-21(19,20)9-11(14)7-13(17)18/h10-11H,2-9H2,1H3,(H,17,18). The van der Waals surface area contributed by atoms with Gasteiger partial charge in [-0.2, -0.15) is 0 Å². The summed E-state index contributed by atoms with van der Waals surface area (Å²) < 4.78 is 23.3. The van der Waals surface area contributed by atoms with E-state index in [1.807, 2.05) is 6.92 Å². The van der Waals surface area contributed by atoms with E-state index in [9.17, 15) is 18.0 Å². The molecule has 120 valence electrons. The van der Waals surface area contributed by atoms with Gasteiger partial charge in [0, 0.05) is 25.2 Å². The second kappa shape index (κ2) is 6.31. The minimum atomic E-state index is -3.21. The van der Waals surface area contributed by atoms with Gasteiger partial charge in [-0.3, -0.25) is 14.5 Å². The van der Waals surface area contributed by atoms with Crippen LogP contribution in [-0.4, -0.2) is 78.4 Å². The van der Waals surface area contributed by atoms with Gasteiger partial charge in [0.05, 0.1) is 24.5 Å². The van der Waals surface area contributed by atoms with Crippen molar-refractivity contribution in [2.45, 2.75) is 38.3 Å². The predicted octanol–water partition coefficient (Wildman–Crippen LogP) is -0.429. The molecule has 2 fully saturated rings. The quantitative estimate of drug-likeness (QED) is 0.714. The van der Waals surface area contributed by atoms with E-state index < -0.39 is 21.8 Å². The van der Waals surface area contributed by atoms with E-state index in [1.165, 1.54) is 0 Å². The molecule has 0 aromatic heterocycles. The molecule has 1 saturated carbocycles. The number of sulfone groups is 1. The number of aliphatic carboxylic acids is 1. The number of hydrogen-bond acceptors (Lipinski definition) is 5. The number of carbonyl (C=O) groups is 2. The van der Waals surface area contributed by atoms with Gasteiger partial charge in [0.15, 0.2) is 9.84 Å². The van der Waals surface area contributed by atoms with E-state index in [-0.39, 0.29) is 36.9 Å². The molecule has 1 unspecified atom stereocenters. The number of amides is 1. The fourth-order valence-corrected chi connectivity index (χ4v) is 4.40. The van der Waals surface area contributed by atoms with Gasteiger partial charge in [-0.25, -0.2) is 8.42 Å². The van der Waals surface area contributed by atoms with Crippen LogP contribution in [0.4, 0.5) is 0 Å². The Morgan fingerprint density at radius 3 is 2.52 bits per heavy atom. The number of rotatable bonds is 6. The van der Waals surface area contributed by atoms with Gasteiger partial charge in [-0.05, 0) is 19.8 Å². The van der Waals surface area contributed by atoms with Crippen LogP contribution < -0.4 is 0 Å². The molecule has 1 aliphatic carbocycles. The smallest absolute Gasteiger partial charge is 0.304 e. The van der Waals surface area contributed by atoms with Crippen molar-refractivity contribution in [2.24, 2.45) is 0 Å². The van der Waals surface area contributed by atoms with Crippen LogP contribution in [0.25, 0.3) is 0 Å². The van der Waals surface area contributed by atoms with Gasteiger partial charge >= 0.3 is 5.97 Å². The third-order valence-electron chi connectivity index (χ3n) is 4.05. The molecule has 0 aromatic rings. The number of carboxylic acid groups (broad SMARTS) is 1. The second-order valence-electron chi connectivity index (χ2n) is 5.75. The van der Waals surface area contributed by atoms with Gasteiger partial charge < -0.3 is 10.0 Å². The zero-order chi connectivity index (χ0) is 15.6. The van der Waals surface area contributed by atoms with Crippen molar-refractivity contribution < 1.29 is 23.1 Å². The number of carboxylic acids is 1. The van der Waals surface area contributed by atoms with Gasteiger partial charge in [0.1, 0.15) is 0 Å². The number of likely N-dealkylation sites (N-methyl/N-ethyl adjacent to an activating group) is 1. The lowest BCUT2D eigenvalue weighted by atomic mass is 10.2. The van der Waals surface area contributed by atoms with Crippen molar-refractivity contribution in [1.82, 2.24) is 9.80 Å². The van der Waals surface area contributed by atoms with E-state index in [0.717, 1.165) is 12.8 Å². The van der Waals surface area contributed by atoms with Crippen LogP contribution in [0.2, 0.25) is 0 Å². The first-order chi connectivity index (χ1) is 9.82. The summed E-state index contributed by atoms with van der Waals surface area (Å²) in [5.74, 6) is -1.26. The lowest BCUT2D eigenvalue weighted by Gasteiger charge is -2.35. The van der Waals surface area contributed by atoms with E-state index in [1.54, 1.807) is 9.80 Å². The van der Waals surface area contributed by atoms with Crippen LogP contribution in [-0.2, 0) is 19.4 Å². The molecule has 8 heteroatoms. The largest absolute Gasteiger partial charge is 0.481 e. The molecular weight excluding hydrogens is 296 g/mol. The lowest BCUT2D eigenvalue weighted by Crippen LogP contribution is -2.53. The highest BCUT2D eigenvalue weighted by molar-refractivity contribution is 7.91. The molecular formula is C13H22N2O5S. The molecule has 1 heterocycles. The summed E-state index contributed by atoms with van der Waals surface area (Å²) in [6.45, 7) is 2.90. The van der Waals surface area contributed by atoms with Crippen LogP contribution in [0.3, 0.4) is 0 Å². The molecule has 0 aromatic carbocycles. The molecule has 1 amide bonds. The highest BCUT2D eigenvalue weighted by atomic mass is 32.2. The van der Waals surface area contributed by atoms with Crippen LogP contribution >= 0.6 is 0 Å². The Bertz CT molecular complexity index is 515. The van der Waals surface area contributed by atoms with E-state index in [4.69, 9.17) is 5.11 Å². The van der Waals surface area contributed by atoms with Crippen molar-refractivity contribution in [3.63, 3.8) is 0 Å². The molecule has 1 saturated heterocycles. The summed E-state index contributed by atoms with van der Waals surface area (Å²) >= 11 is 0. The summed E-state index contributed by atoms with van der Waals surface area (Å²) in [6, 6.07) is -0.294. The summed E-state index contributed by atoms with van der Waals surface area (Å²) in [5, 5.41) is 8.92. The Hall–Kier alpha value is -1.15. The fourth-order valence-electron chi connectivity index (χ4n) is 2.81. The molecule has 1 atom stereocenters. The third kappa shape index (κ3) is 4.41. The molecule has 0 spiro atoms. The molecule has 2 rings (SSSR count). The lowest BCUT2D eigenvalue weighted by molar-refractivity contribution is -0.140. The average Bonchev–Trinajstić information content (AvgIpc) is 3.17. The second-order valence-corrected chi connectivity index (χ2v) is 7.98. The number of nitrogens with zero attached hydrogens (tertiary/aromatic N) is 2. The maximum Gasteiger partial charge on any atom is 0.304 e. The van der Waals surface area contributed by atoms with Crippen molar-refractivity contribution in [3.05, 3.63) is 0 Å². The Morgan fingerprint density at radius 1 is 1.33 bits per heavy atom. The fraction of sp³-hybridized carbons (Fsp3) is 0.846. The summed E-state index contributed by atoms with van der Waals surface area (Å²) in [7, 11) is -3.21. The summed E-state index contributed by atoms with van der Waals surface area (Å²) in [6.07, 6.45) is 1.79. The Morgan fingerprint density at radius 2 is 2.00 bits per heavy atom. The minimum absolute atomic E-state index is 0.00798. The molecule has 0 bridgehead atoms. The normalized spacial score (nSPS) is 25.5. The third-order valence-corrected chi connectivity index (χ3v) is 5.75. The molecule has 1 N–H and O–H groups in total. The van der Waals surface area contributed by atoms with Crippen LogP contribution in [0, 0.1) is 0 Å². The monoisotopic (exact) mass is 318 g/mol. The topological polar surface area (TPSA) is 95.0 Å². The Balaban J connectivity index is 2.01. The SMILES string of the molecule is CCN(C(=O)CN1CCS(=O)(=O)CC1CC(=O)O)C1CC1. The molecule has 0 radical (unpaired) electrons. The van der Waals surface area contributed by atoms with E-state index in [0.29, 0.717) is 12.6 Å². The van der Waals surface area contributed by atoms with Crippen molar-refractivity contribution in [2.75, 3.05) is 31.1 Å². The van der Waals surface area contributed by atoms with Gasteiger partial charge in [0.25, 0.3) is 0 Å². The van der Waals surface area contributed by atoms with Crippen LogP contribution in [0.1, 0.15) is 26.2 Å². The molecule has 7 nitrogen and oxygen atoms in total. The van der Waals surface area contributed by atoms with Crippen molar-refractivity contribution in [1.29, 1.82) is 0 Å². The van der Waals surface area contributed by atoms with Gasteiger partial charge in [-0.1, -0.05) is 0 Å². The van der Waals surface area contributed by atoms with Crippen LogP contribution in [0.15, 0.2) is 0 Å². The first kappa shape index (κ1) is 16.2. The maximum absolute atomic E-state index is 12.3. The zero-order valence-electron chi connectivity index (χ0n) is 12.2. The highest BCUT2D eigenvalue weighted by Crippen LogP contribution is 2.27. The van der Waals surface area contributed by atoms with E-state index >= 15 is 0 Å². The molecule has 1 aliphatic heterocycles. The van der Waals surface area contributed by atoms with E-state index in [2.05, 4.69) is 0 Å². The molecule has 21 heavy (non-hydrogen) atoms. The van der Waals surface area contributed by atoms with Crippen molar-refractivity contribution in [3.8, 4) is 0 Å². The van der Waals surface area contributed by atoms with Crippen molar-refractivity contribution >= 4 is 21.7 Å². The number of hydrogen-bond donors (Lipinski definition) is 1. The van der Waals surface area contributed by atoms with Crippen LogP contribution in [0.5, 0.6) is 0 Å². The first-order valence-electron chi connectivity index (χ1n) is 7.28. The minimum Gasteiger partial charge on any atom is -0.481 e. The van der Waals surface area contributed by atoms with Gasteiger partial charge in [-0.15, -0.1) is 0 Å². The number of carbonyl (C=O) groups excluding carboxylic acids is 1. The first-order valence-corrected chi connectivity index (χ1v) is 9.10. The Kier molecular flexibility index (Phi) is 4.88. The summed E-state index contributed by atoms with van der Waals surface area (Å²) in [5.41, 5.74) is 0. The van der Waals surface area contributed by atoms with Gasteiger partial charge in [0.2, 0.25) is 5.91 Å². The summed E-state index contributed by atoms with van der Waals surface area (Å²) in [4.78, 5) is 26.7. The zero-order valence-corrected chi connectivity index (χ0v) is 13.0. The molecule has 2 aliphatic rings.